The van der Waals surface area contributed by atoms with Gasteiger partial charge in [-0.1, -0.05) is 33.6 Å². The molecule has 4 heteroatoms. The molecule has 0 bridgehead atoms. The summed E-state index contributed by atoms with van der Waals surface area (Å²) < 4.78 is 25.0. The Kier molecular flexibility index (Phi) is 6.67. The molecule has 0 aromatic rings. The van der Waals surface area contributed by atoms with Crippen molar-refractivity contribution in [1.29, 1.82) is 0 Å². The van der Waals surface area contributed by atoms with Gasteiger partial charge in [0.1, 0.15) is 0 Å². The fraction of sp³-hybridized carbons (Fsp3) is 1.00. The van der Waals surface area contributed by atoms with E-state index in [4.69, 9.17) is 0 Å². The minimum absolute atomic E-state index is 0.112. The number of hydrogen-bond donors (Lipinski definition) is 1. The fourth-order valence-electron chi connectivity index (χ4n) is 3.06. The van der Waals surface area contributed by atoms with Crippen LogP contribution in [0.1, 0.15) is 46.5 Å². The van der Waals surface area contributed by atoms with Gasteiger partial charge in [-0.25, -0.2) is 8.78 Å². The molecule has 0 spiro atoms. The highest BCUT2D eigenvalue weighted by Gasteiger charge is 2.35. The van der Waals surface area contributed by atoms with E-state index in [9.17, 15) is 8.78 Å². The van der Waals surface area contributed by atoms with Gasteiger partial charge in [0.15, 0.2) is 0 Å². The molecule has 114 valence electrons. The summed E-state index contributed by atoms with van der Waals surface area (Å²) >= 11 is 0. The van der Waals surface area contributed by atoms with Gasteiger partial charge in [-0.15, -0.1) is 0 Å². The van der Waals surface area contributed by atoms with Crippen LogP contribution in [0.2, 0.25) is 0 Å². The van der Waals surface area contributed by atoms with Crippen LogP contribution in [0, 0.1) is 11.3 Å². The highest BCUT2D eigenvalue weighted by molar-refractivity contribution is 4.89. The molecular weight excluding hydrogens is 246 g/mol. The Bertz CT molecular complexity index is 249. The molecule has 0 aromatic heterocycles. The standard InChI is InChI=1S/C15H30F2N2/c1-12(2)18-10-15(7-5-13(3)6-8-15)11-19(4)9-14(16)17/h12-14,18H,5-11H2,1-4H3. The summed E-state index contributed by atoms with van der Waals surface area (Å²) in [6.45, 7) is 8.19. The molecule has 0 heterocycles. The van der Waals surface area contributed by atoms with Gasteiger partial charge in [0.2, 0.25) is 0 Å². The number of hydrogen-bond acceptors (Lipinski definition) is 2. The third kappa shape index (κ3) is 6.17. The van der Waals surface area contributed by atoms with Crippen molar-refractivity contribution in [2.45, 2.75) is 58.9 Å². The van der Waals surface area contributed by atoms with E-state index in [0.29, 0.717) is 6.04 Å². The first kappa shape index (κ1) is 16.8. The second-order valence-corrected chi connectivity index (χ2v) is 6.81. The zero-order chi connectivity index (χ0) is 14.5. The summed E-state index contributed by atoms with van der Waals surface area (Å²) in [7, 11) is 1.82. The number of rotatable bonds is 7. The Morgan fingerprint density at radius 3 is 2.32 bits per heavy atom. The molecule has 1 rings (SSSR count). The van der Waals surface area contributed by atoms with Crippen LogP contribution in [0.25, 0.3) is 0 Å². The van der Waals surface area contributed by atoms with E-state index in [1.165, 1.54) is 12.8 Å². The zero-order valence-corrected chi connectivity index (χ0v) is 12.9. The average Bonchev–Trinajstić information content (AvgIpc) is 2.29. The highest BCUT2D eigenvalue weighted by atomic mass is 19.3. The van der Waals surface area contributed by atoms with E-state index >= 15 is 0 Å². The van der Waals surface area contributed by atoms with Crippen molar-refractivity contribution in [2.24, 2.45) is 11.3 Å². The van der Waals surface area contributed by atoms with Crippen LogP contribution in [0.15, 0.2) is 0 Å². The topological polar surface area (TPSA) is 15.3 Å². The number of nitrogens with one attached hydrogen (secondary N) is 1. The molecule has 1 aliphatic rings. The maximum absolute atomic E-state index is 12.5. The summed E-state index contributed by atoms with van der Waals surface area (Å²) in [5.74, 6) is 0.785. The number of nitrogens with zero attached hydrogens (tertiary/aromatic N) is 1. The summed E-state index contributed by atoms with van der Waals surface area (Å²) in [4.78, 5) is 1.81. The fourth-order valence-corrected chi connectivity index (χ4v) is 3.06. The molecule has 1 saturated carbocycles. The average molecular weight is 276 g/mol. The smallest absolute Gasteiger partial charge is 0.251 e. The summed E-state index contributed by atoms with van der Waals surface area (Å²) in [5.41, 5.74) is 0.181. The van der Waals surface area contributed by atoms with Crippen molar-refractivity contribution in [3.05, 3.63) is 0 Å². The van der Waals surface area contributed by atoms with Crippen LogP contribution in [0.5, 0.6) is 0 Å². The van der Waals surface area contributed by atoms with Crippen LogP contribution in [-0.4, -0.2) is 44.0 Å². The van der Waals surface area contributed by atoms with Crippen LogP contribution in [-0.2, 0) is 0 Å². The third-order valence-electron chi connectivity index (χ3n) is 4.28. The summed E-state index contributed by atoms with van der Waals surface area (Å²) in [6, 6.07) is 0.455. The van der Waals surface area contributed by atoms with Crippen molar-refractivity contribution in [1.82, 2.24) is 10.2 Å². The van der Waals surface area contributed by atoms with Crippen molar-refractivity contribution >= 4 is 0 Å². The van der Waals surface area contributed by atoms with E-state index in [-0.39, 0.29) is 12.0 Å². The van der Waals surface area contributed by atoms with Gasteiger partial charge in [0.25, 0.3) is 6.43 Å². The van der Waals surface area contributed by atoms with E-state index in [2.05, 4.69) is 26.1 Å². The summed E-state index contributed by atoms with van der Waals surface area (Å²) in [5, 5.41) is 3.52. The van der Waals surface area contributed by atoms with Gasteiger partial charge in [-0.3, -0.25) is 0 Å². The molecule has 0 amide bonds. The van der Waals surface area contributed by atoms with Gasteiger partial charge in [-0.2, -0.15) is 0 Å². The van der Waals surface area contributed by atoms with Crippen molar-refractivity contribution < 1.29 is 8.78 Å². The second kappa shape index (κ2) is 7.53. The molecular formula is C15H30F2N2. The SMILES string of the molecule is CC1CCC(CNC(C)C)(CN(C)CC(F)F)CC1. The van der Waals surface area contributed by atoms with Crippen molar-refractivity contribution in [2.75, 3.05) is 26.7 Å². The Morgan fingerprint density at radius 2 is 1.84 bits per heavy atom. The molecule has 0 radical (unpaired) electrons. The second-order valence-electron chi connectivity index (χ2n) is 6.81. The quantitative estimate of drug-likeness (QED) is 0.767. The summed E-state index contributed by atoms with van der Waals surface area (Å²) in [6.07, 6.45) is 2.52. The Labute approximate surface area is 116 Å². The zero-order valence-electron chi connectivity index (χ0n) is 12.9. The monoisotopic (exact) mass is 276 g/mol. The first-order chi connectivity index (χ1) is 8.83. The molecule has 0 atom stereocenters. The van der Waals surface area contributed by atoms with Crippen molar-refractivity contribution in [3.63, 3.8) is 0 Å². The van der Waals surface area contributed by atoms with E-state index in [0.717, 1.165) is 31.8 Å². The lowest BCUT2D eigenvalue weighted by Crippen LogP contribution is -2.47. The van der Waals surface area contributed by atoms with Crippen LogP contribution >= 0.6 is 0 Å². The van der Waals surface area contributed by atoms with Gasteiger partial charge in [-0.05, 0) is 31.2 Å². The predicted octanol–water partition coefficient (Wildman–Crippen LogP) is 3.38. The lowest BCUT2D eigenvalue weighted by atomic mass is 9.70. The van der Waals surface area contributed by atoms with E-state index in [1.54, 1.807) is 0 Å². The third-order valence-corrected chi connectivity index (χ3v) is 4.28. The molecule has 0 unspecified atom stereocenters. The van der Waals surface area contributed by atoms with E-state index in [1.807, 2.05) is 11.9 Å². The highest BCUT2D eigenvalue weighted by Crippen LogP contribution is 2.39. The van der Waals surface area contributed by atoms with Crippen LogP contribution < -0.4 is 5.32 Å². The Balaban J connectivity index is 2.58. The van der Waals surface area contributed by atoms with Gasteiger partial charge in [0, 0.05) is 19.1 Å². The first-order valence-electron chi connectivity index (χ1n) is 7.53. The first-order valence-corrected chi connectivity index (χ1v) is 7.53. The van der Waals surface area contributed by atoms with Gasteiger partial charge in [0.05, 0.1) is 6.54 Å². The van der Waals surface area contributed by atoms with E-state index < -0.39 is 6.43 Å². The Hall–Kier alpha value is -0.220. The number of halogens is 2. The predicted molar refractivity (Wildman–Crippen MR) is 76.7 cm³/mol. The normalized spacial score (nSPS) is 28.6. The molecule has 1 fully saturated rings. The lowest BCUT2D eigenvalue weighted by molar-refractivity contribution is 0.0523. The lowest BCUT2D eigenvalue weighted by Gasteiger charge is -2.42. The molecule has 1 N–H and O–H groups in total. The van der Waals surface area contributed by atoms with Gasteiger partial charge < -0.3 is 10.2 Å². The van der Waals surface area contributed by atoms with Crippen LogP contribution in [0.4, 0.5) is 8.78 Å². The molecule has 0 aromatic carbocycles. The largest absolute Gasteiger partial charge is 0.314 e. The molecule has 1 aliphatic carbocycles. The minimum atomic E-state index is -2.23. The van der Waals surface area contributed by atoms with Crippen LogP contribution in [0.3, 0.4) is 0 Å². The van der Waals surface area contributed by atoms with Gasteiger partial charge >= 0.3 is 0 Å². The maximum atomic E-state index is 12.5. The molecule has 2 nitrogen and oxygen atoms in total. The molecule has 19 heavy (non-hydrogen) atoms. The molecule has 0 saturated heterocycles. The van der Waals surface area contributed by atoms with Crippen molar-refractivity contribution in [3.8, 4) is 0 Å². The molecule has 0 aliphatic heterocycles. The minimum Gasteiger partial charge on any atom is -0.314 e. The maximum Gasteiger partial charge on any atom is 0.251 e. The Morgan fingerprint density at radius 1 is 1.26 bits per heavy atom. The number of alkyl halides is 2.